The second-order valence-electron chi connectivity index (χ2n) is 8.68. The average Bonchev–Trinajstić information content (AvgIpc) is 3.17. The summed E-state index contributed by atoms with van der Waals surface area (Å²) >= 11 is 9.57. The van der Waals surface area contributed by atoms with E-state index < -0.39 is 0 Å². The molecule has 1 aromatic heterocycles. The molecule has 180 valence electrons. The lowest BCUT2D eigenvalue weighted by Crippen LogP contribution is -2.38. The molecule has 0 amide bonds. The molecule has 36 heavy (non-hydrogen) atoms. The molecule has 8 heteroatoms. The van der Waals surface area contributed by atoms with Crippen LogP contribution in [0.4, 0.5) is 0 Å². The maximum absolute atomic E-state index is 13.9. The molecular formula is C28H19BrI2N2O2S. The van der Waals surface area contributed by atoms with E-state index in [-0.39, 0.29) is 11.6 Å². The normalized spacial score (nSPS) is 16.8. The predicted octanol–water partition coefficient (Wildman–Crippen LogP) is 6.30. The van der Waals surface area contributed by atoms with E-state index in [1.54, 1.807) is 7.11 Å². The molecule has 4 nitrogen and oxygen atoms in total. The van der Waals surface area contributed by atoms with Gasteiger partial charge in [-0.3, -0.25) is 9.36 Å². The number of thiazole rings is 1. The van der Waals surface area contributed by atoms with Gasteiger partial charge in [-0.2, -0.15) is 0 Å². The first-order valence-corrected chi connectivity index (χ1v) is 15.1. The fourth-order valence-corrected chi connectivity index (χ4v) is 8.50. The Bertz CT molecular complexity index is 1720. The third-order valence-electron chi connectivity index (χ3n) is 6.58. The quantitative estimate of drug-likeness (QED) is 0.230. The van der Waals surface area contributed by atoms with Gasteiger partial charge in [-0.25, -0.2) is 4.99 Å². The smallest absolute Gasteiger partial charge is 0.271 e. The number of hydrogen-bond acceptors (Lipinski definition) is 4. The number of rotatable bonds is 3. The molecule has 1 atom stereocenters. The van der Waals surface area contributed by atoms with Crippen molar-refractivity contribution < 1.29 is 4.74 Å². The molecule has 0 N–H and O–H groups in total. The van der Waals surface area contributed by atoms with Crippen LogP contribution in [0.1, 0.15) is 34.7 Å². The number of methoxy groups -OCH3 is 1. The van der Waals surface area contributed by atoms with Crippen LogP contribution in [0.15, 0.2) is 80.5 Å². The van der Waals surface area contributed by atoms with Gasteiger partial charge in [-0.05, 0) is 111 Å². The fourth-order valence-electron chi connectivity index (χ4n) is 4.98. The summed E-state index contributed by atoms with van der Waals surface area (Å²) < 4.78 is 11.1. The number of halogens is 3. The van der Waals surface area contributed by atoms with Gasteiger partial charge in [-0.1, -0.05) is 63.7 Å². The van der Waals surface area contributed by atoms with Gasteiger partial charge in [0.15, 0.2) is 4.80 Å². The van der Waals surface area contributed by atoms with Crippen LogP contribution in [0, 0.1) is 7.14 Å². The summed E-state index contributed by atoms with van der Waals surface area (Å²) in [6, 6.07) is 20.7. The summed E-state index contributed by atoms with van der Waals surface area (Å²) in [6.07, 6.45) is 3.81. The van der Waals surface area contributed by atoms with E-state index in [9.17, 15) is 4.79 Å². The Balaban J connectivity index is 1.60. The van der Waals surface area contributed by atoms with Crippen LogP contribution in [0.25, 0.3) is 11.8 Å². The maximum atomic E-state index is 13.9. The van der Waals surface area contributed by atoms with Crippen molar-refractivity contribution in [1.82, 2.24) is 4.57 Å². The summed E-state index contributed by atoms with van der Waals surface area (Å²) in [5, 5.41) is 0. The molecule has 0 fully saturated rings. The van der Waals surface area contributed by atoms with E-state index in [2.05, 4.69) is 97.5 Å². The molecule has 2 heterocycles. The molecule has 0 unspecified atom stereocenters. The minimum atomic E-state index is -0.170. The first kappa shape index (κ1) is 24.6. The van der Waals surface area contributed by atoms with Gasteiger partial charge in [0, 0.05) is 10.0 Å². The lowest BCUT2D eigenvalue weighted by molar-refractivity contribution is 0.409. The summed E-state index contributed by atoms with van der Waals surface area (Å²) in [5.41, 5.74) is 6.80. The molecule has 0 spiro atoms. The minimum absolute atomic E-state index is 0.00193. The Kier molecular flexibility index (Phi) is 6.72. The van der Waals surface area contributed by atoms with Crippen LogP contribution in [-0.2, 0) is 6.42 Å². The van der Waals surface area contributed by atoms with Crippen LogP contribution < -0.4 is 19.6 Å². The van der Waals surface area contributed by atoms with Crippen molar-refractivity contribution >= 4 is 84.2 Å². The van der Waals surface area contributed by atoms with Crippen molar-refractivity contribution in [3.8, 4) is 5.75 Å². The highest BCUT2D eigenvalue weighted by atomic mass is 127. The zero-order chi connectivity index (χ0) is 25.0. The van der Waals surface area contributed by atoms with Gasteiger partial charge in [-0.15, -0.1) is 0 Å². The molecule has 6 rings (SSSR count). The largest absolute Gasteiger partial charge is 0.495 e. The third-order valence-corrected chi connectivity index (χ3v) is 9.70. The highest BCUT2D eigenvalue weighted by Gasteiger charge is 2.32. The minimum Gasteiger partial charge on any atom is -0.495 e. The number of allylic oxidation sites excluding steroid dienone is 1. The van der Waals surface area contributed by atoms with Crippen molar-refractivity contribution in [1.29, 1.82) is 0 Å². The van der Waals surface area contributed by atoms with Crippen LogP contribution in [0.2, 0.25) is 0 Å². The zero-order valence-corrected chi connectivity index (χ0v) is 25.8. The van der Waals surface area contributed by atoms with Crippen LogP contribution in [0.5, 0.6) is 5.75 Å². The number of aromatic nitrogens is 1. The van der Waals surface area contributed by atoms with Crippen LogP contribution >= 0.6 is 72.4 Å². The fraction of sp³-hybridized carbons (Fsp3) is 0.143. The number of ether oxygens (including phenoxy) is 1. The molecule has 3 aromatic carbocycles. The highest BCUT2D eigenvalue weighted by Crippen LogP contribution is 2.41. The van der Waals surface area contributed by atoms with Gasteiger partial charge in [0.2, 0.25) is 0 Å². The van der Waals surface area contributed by atoms with Gasteiger partial charge < -0.3 is 4.74 Å². The van der Waals surface area contributed by atoms with Crippen LogP contribution in [-0.4, -0.2) is 11.7 Å². The monoisotopic (exact) mass is 780 g/mol. The maximum Gasteiger partial charge on any atom is 0.271 e. The zero-order valence-electron chi connectivity index (χ0n) is 19.1. The summed E-state index contributed by atoms with van der Waals surface area (Å²) in [5.74, 6) is 0.858. The van der Waals surface area contributed by atoms with Gasteiger partial charge >= 0.3 is 0 Å². The molecule has 0 bridgehead atoms. The number of aryl methyl sites for hydroxylation is 1. The van der Waals surface area contributed by atoms with E-state index in [1.165, 1.54) is 28.0 Å². The molecule has 2 aliphatic rings. The standard InChI is InChI=1S/C28H19BrI2N2O2S/c1-35-26-21(30)12-15(13-22(26)31)14-23-27(34)33-25(17-6-9-18(29)10-7-17)20-11-8-16-4-2-3-5-19(16)24(20)32-28(33)36-23/h2-7,9-10,12-14,25H,8,11H2,1H3/b23-14+/t25-/m1/s1. The van der Waals surface area contributed by atoms with Gasteiger partial charge in [0.25, 0.3) is 5.56 Å². The lowest BCUT2D eigenvalue weighted by atomic mass is 9.83. The Morgan fingerprint density at radius 3 is 2.53 bits per heavy atom. The topological polar surface area (TPSA) is 43.6 Å². The van der Waals surface area contributed by atoms with Crippen molar-refractivity contribution in [3.63, 3.8) is 0 Å². The third kappa shape index (κ3) is 4.23. The summed E-state index contributed by atoms with van der Waals surface area (Å²) in [4.78, 5) is 19.7. The SMILES string of the molecule is COc1c(I)cc(/C=c2/sc3n(c2=O)[C@H](c2ccc(Br)cc2)C2=C(N=3)c3ccccc3CC2)cc1I. The van der Waals surface area contributed by atoms with E-state index >= 15 is 0 Å². The molecule has 1 aliphatic carbocycles. The second-order valence-corrected chi connectivity index (χ2v) is 12.9. The Morgan fingerprint density at radius 2 is 1.81 bits per heavy atom. The van der Waals surface area contributed by atoms with Gasteiger partial charge in [0.1, 0.15) is 5.75 Å². The first-order valence-electron chi connectivity index (χ1n) is 11.4. The number of benzene rings is 3. The van der Waals surface area contributed by atoms with E-state index in [0.717, 1.165) is 51.8 Å². The molecule has 0 saturated heterocycles. The van der Waals surface area contributed by atoms with E-state index in [4.69, 9.17) is 9.73 Å². The highest BCUT2D eigenvalue weighted by molar-refractivity contribution is 14.1. The Morgan fingerprint density at radius 1 is 1.08 bits per heavy atom. The van der Waals surface area contributed by atoms with Crippen molar-refractivity contribution in [3.05, 3.63) is 120 Å². The molecule has 4 aromatic rings. The molecule has 1 aliphatic heterocycles. The Labute approximate surface area is 247 Å². The molecule has 0 saturated carbocycles. The van der Waals surface area contributed by atoms with E-state index in [0.29, 0.717) is 4.53 Å². The Hall–Kier alpha value is -1.76. The van der Waals surface area contributed by atoms with E-state index in [1.807, 2.05) is 34.9 Å². The molecular weight excluding hydrogens is 762 g/mol. The second kappa shape index (κ2) is 9.85. The summed E-state index contributed by atoms with van der Waals surface area (Å²) in [6.45, 7) is 0. The lowest BCUT2D eigenvalue weighted by Gasteiger charge is -2.30. The predicted molar refractivity (Wildman–Crippen MR) is 165 cm³/mol. The van der Waals surface area contributed by atoms with Crippen molar-refractivity contribution in [2.24, 2.45) is 4.99 Å². The van der Waals surface area contributed by atoms with Crippen LogP contribution in [0.3, 0.4) is 0 Å². The average molecular weight is 781 g/mol. The number of fused-ring (bicyclic) bond motifs is 3. The van der Waals surface area contributed by atoms with Gasteiger partial charge in [0.05, 0.1) is 30.5 Å². The first-order chi connectivity index (χ1) is 17.4. The van der Waals surface area contributed by atoms with Crippen molar-refractivity contribution in [2.45, 2.75) is 18.9 Å². The molecule has 0 radical (unpaired) electrons. The van der Waals surface area contributed by atoms with Crippen molar-refractivity contribution in [2.75, 3.05) is 7.11 Å². The summed E-state index contributed by atoms with van der Waals surface area (Å²) in [7, 11) is 1.68. The number of nitrogens with zero attached hydrogens (tertiary/aromatic N) is 2. The number of hydrogen-bond donors (Lipinski definition) is 0.